The predicted octanol–water partition coefficient (Wildman–Crippen LogP) is 2.09. The van der Waals surface area contributed by atoms with E-state index in [2.05, 4.69) is 10.6 Å². The molecule has 0 aliphatic carbocycles. The van der Waals surface area contributed by atoms with E-state index in [-0.39, 0.29) is 30.5 Å². The van der Waals surface area contributed by atoms with Crippen LogP contribution in [0.4, 0.5) is 0 Å². The van der Waals surface area contributed by atoms with E-state index in [1.807, 2.05) is 30.3 Å². The molecule has 2 aromatic rings. The van der Waals surface area contributed by atoms with E-state index in [0.29, 0.717) is 5.56 Å². The summed E-state index contributed by atoms with van der Waals surface area (Å²) in [5.74, 6) is -0.0869. The van der Waals surface area contributed by atoms with Gasteiger partial charge >= 0.3 is 0 Å². The molecule has 1 fully saturated rings. The van der Waals surface area contributed by atoms with Crippen LogP contribution >= 0.6 is 12.4 Å². The lowest BCUT2D eigenvalue weighted by atomic mass is 10.1. The van der Waals surface area contributed by atoms with Gasteiger partial charge in [-0.25, -0.2) is 0 Å². The summed E-state index contributed by atoms with van der Waals surface area (Å²) in [6.45, 7) is 1.49. The third-order valence-corrected chi connectivity index (χ3v) is 3.76. The lowest BCUT2D eigenvalue weighted by Gasteiger charge is -2.18. The zero-order chi connectivity index (χ0) is 14.7. The normalized spacial score (nSPS) is 20.4. The summed E-state index contributed by atoms with van der Waals surface area (Å²) in [4.78, 5) is 12.4. The third-order valence-electron chi connectivity index (χ3n) is 3.76. The summed E-state index contributed by atoms with van der Waals surface area (Å²) in [6, 6.07) is 9.38. The number of nitrogens with one attached hydrogen (secondary N) is 2. The molecule has 1 amide bonds. The molecule has 1 aliphatic heterocycles. The van der Waals surface area contributed by atoms with E-state index in [4.69, 9.17) is 9.15 Å². The minimum absolute atomic E-state index is 0. The molecule has 0 spiro atoms. The van der Waals surface area contributed by atoms with Gasteiger partial charge in [0.1, 0.15) is 0 Å². The Labute approximate surface area is 135 Å². The molecule has 22 heavy (non-hydrogen) atoms. The Morgan fingerprint density at radius 1 is 1.32 bits per heavy atom. The van der Waals surface area contributed by atoms with Crippen molar-refractivity contribution in [3.63, 3.8) is 0 Å². The zero-order valence-corrected chi connectivity index (χ0v) is 13.1. The summed E-state index contributed by atoms with van der Waals surface area (Å²) in [5.41, 5.74) is 2.56. The maximum Gasteiger partial charge on any atom is 0.251 e. The second-order valence-electron chi connectivity index (χ2n) is 5.11. The molecule has 2 unspecified atom stereocenters. The van der Waals surface area contributed by atoms with Crippen molar-refractivity contribution in [3.8, 4) is 11.1 Å². The summed E-state index contributed by atoms with van der Waals surface area (Å²) in [7, 11) is 1.66. The summed E-state index contributed by atoms with van der Waals surface area (Å²) in [6.07, 6.45) is 3.31. The molecule has 5 nitrogen and oxygen atoms in total. The number of hydrogen-bond acceptors (Lipinski definition) is 4. The number of hydrogen-bond donors (Lipinski definition) is 2. The van der Waals surface area contributed by atoms with Crippen molar-refractivity contribution in [3.05, 3.63) is 48.4 Å². The SMILES string of the molecule is COC1CNCC1NC(=O)c1cccc(-c2ccoc2)c1.Cl. The zero-order valence-electron chi connectivity index (χ0n) is 12.2. The van der Waals surface area contributed by atoms with Crippen LogP contribution in [0.1, 0.15) is 10.4 Å². The fourth-order valence-electron chi connectivity index (χ4n) is 2.57. The average Bonchev–Trinajstić information content (AvgIpc) is 3.18. The maximum absolute atomic E-state index is 12.4. The van der Waals surface area contributed by atoms with Crippen LogP contribution in [0.3, 0.4) is 0 Å². The molecule has 2 heterocycles. The van der Waals surface area contributed by atoms with Gasteiger partial charge < -0.3 is 19.8 Å². The van der Waals surface area contributed by atoms with Crippen LogP contribution < -0.4 is 10.6 Å². The quantitative estimate of drug-likeness (QED) is 0.904. The first-order chi connectivity index (χ1) is 10.3. The van der Waals surface area contributed by atoms with Crippen LogP contribution in [0.25, 0.3) is 11.1 Å². The molecule has 0 saturated carbocycles. The van der Waals surface area contributed by atoms with Crippen molar-refractivity contribution in [1.29, 1.82) is 0 Å². The van der Waals surface area contributed by atoms with Crippen LogP contribution in [-0.2, 0) is 4.74 Å². The Kier molecular flexibility index (Phi) is 5.60. The average molecular weight is 323 g/mol. The first-order valence-electron chi connectivity index (χ1n) is 6.95. The number of methoxy groups -OCH3 is 1. The first kappa shape index (κ1) is 16.5. The fourth-order valence-corrected chi connectivity index (χ4v) is 2.57. The number of benzene rings is 1. The minimum atomic E-state index is -0.0869. The molecule has 118 valence electrons. The van der Waals surface area contributed by atoms with E-state index in [9.17, 15) is 4.79 Å². The lowest BCUT2D eigenvalue weighted by molar-refractivity contribution is 0.0780. The third kappa shape index (κ3) is 3.50. The Bertz CT molecular complexity index is 616. The van der Waals surface area contributed by atoms with Crippen LogP contribution in [0.5, 0.6) is 0 Å². The van der Waals surface area contributed by atoms with Gasteiger partial charge in [-0.1, -0.05) is 12.1 Å². The molecule has 1 saturated heterocycles. The van der Waals surface area contributed by atoms with E-state index in [0.717, 1.165) is 24.2 Å². The Morgan fingerprint density at radius 3 is 2.91 bits per heavy atom. The van der Waals surface area contributed by atoms with Crippen molar-refractivity contribution in [2.45, 2.75) is 12.1 Å². The molecule has 0 radical (unpaired) electrons. The second kappa shape index (κ2) is 7.45. The largest absolute Gasteiger partial charge is 0.472 e. The number of carbonyl (C=O) groups excluding carboxylic acids is 1. The van der Waals surface area contributed by atoms with Crippen LogP contribution in [0.2, 0.25) is 0 Å². The van der Waals surface area contributed by atoms with Gasteiger partial charge in [-0.15, -0.1) is 12.4 Å². The van der Waals surface area contributed by atoms with Gasteiger partial charge in [0.05, 0.1) is 24.7 Å². The number of furan rings is 1. The predicted molar refractivity (Wildman–Crippen MR) is 86.3 cm³/mol. The molecular weight excluding hydrogens is 304 g/mol. The standard InChI is InChI=1S/C16H18N2O3.ClH/c1-20-15-9-17-8-14(15)18-16(19)12-4-2-3-11(7-12)13-5-6-21-10-13;/h2-7,10,14-15,17H,8-9H2,1H3,(H,18,19);1H. The molecule has 1 aromatic carbocycles. The highest BCUT2D eigenvalue weighted by Gasteiger charge is 2.28. The van der Waals surface area contributed by atoms with E-state index < -0.39 is 0 Å². The lowest BCUT2D eigenvalue weighted by Crippen LogP contribution is -2.43. The number of carbonyl (C=O) groups is 1. The Morgan fingerprint density at radius 2 is 2.18 bits per heavy atom. The van der Waals surface area contributed by atoms with Gasteiger partial charge in [-0.2, -0.15) is 0 Å². The summed E-state index contributed by atoms with van der Waals surface area (Å²) < 4.78 is 10.4. The summed E-state index contributed by atoms with van der Waals surface area (Å²) in [5, 5.41) is 6.23. The van der Waals surface area contributed by atoms with Crippen LogP contribution in [0, 0.1) is 0 Å². The molecule has 6 heteroatoms. The van der Waals surface area contributed by atoms with Gasteiger partial charge in [0.25, 0.3) is 5.91 Å². The number of rotatable bonds is 4. The van der Waals surface area contributed by atoms with Gasteiger partial charge in [0, 0.05) is 31.3 Å². The monoisotopic (exact) mass is 322 g/mol. The molecule has 1 aliphatic rings. The highest BCUT2D eigenvalue weighted by atomic mass is 35.5. The number of ether oxygens (including phenoxy) is 1. The second-order valence-corrected chi connectivity index (χ2v) is 5.11. The van der Waals surface area contributed by atoms with Crippen molar-refractivity contribution >= 4 is 18.3 Å². The maximum atomic E-state index is 12.4. The smallest absolute Gasteiger partial charge is 0.251 e. The van der Waals surface area contributed by atoms with Gasteiger partial charge in [-0.05, 0) is 23.8 Å². The Hall–Kier alpha value is -1.82. The minimum Gasteiger partial charge on any atom is -0.472 e. The van der Waals surface area contributed by atoms with Gasteiger partial charge in [0.2, 0.25) is 0 Å². The van der Waals surface area contributed by atoms with Crippen LogP contribution in [0.15, 0.2) is 47.3 Å². The fraction of sp³-hybridized carbons (Fsp3) is 0.312. The Balaban J connectivity index is 0.00000176. The molecule has 2 N–H and O–H groups in total. The van der Waals surface area contributed by atoms with Crippen molar-refractivity contribution in [2.24, 2.45) is 0 Å². The van der Waals surface area contributed by atoms with Gasteiger partial charge in [0.15, 0.2) is 0 Å². The topological polar surface area (TPSA) is 63.5 Å². The van der Waals surface area contributed by atoms with E-state index in [1.165, 1.54) is 0 Å². The van der Waals surface area contributed by atoms with Crippen molar-refractivity contribution < 1.29 is 13.9 Å². The molecular formula is C16H19ClN2O3. The number of amides is 1. The summed E-state index contributed by atoms with van der Waals surface area (Å²) >= 11 is 0. The van der Waals surface area contributed by atoms with Gasteiger partial charge in [-0.3, -0.25) is 4.79 Å². The van der Waals surface area contributed by atoms with Crippen molar-refractivity contribution in [2.75, 3.05) is 20.2 Å². The van der Waals surface area contributed by atoms with E-state index >= 15 is 0 Å². The molecule has 2 atom stereocenters. The number of halogens is 1. The van der Waals surface area contributed by atoms with Crippen molar-refractivity contribution in [1.82, 2.24) is 10.6 Å². The molecule has 1 aromatic heterocycles. The van der Waals surface area contributed by atoms with E-state index in [1.54, 1.807) is 19.6 Å². The highest BCUT2D eigenvalue weighted by Crippen LogP contribution is 2.20. The highest BCUT2D eigenvalue weighted by molar-refractivity contribution is 5.95. The molecule has 3 rings (SSSR count). The molecule has 0 bridgehead atoms. The first-order valence-corrected chi connectivity index (χ1v) is 6.95. The van der Waals surface area contributed by atoms with Crippen LogP contribution in [-0.4, -0.2) is 38.3 Å².